The fraction of sp³-hybridized carbons (Fsp3) is 0.667. The lowest BCUT2D eigenvalue weighted by molar-refractivity contribution is -0.138. The summed E-state index contributed by atoms with van der Waals surface area (Å²) in [5.74, 6) is 0.995. The van der Waals surface area contributed by atoms with Crippen LogP contribution in [-0.2, 0) is 9.53 Å². The molecule has 2 fully saturated rings. The Morgan fingerprint density at radius 2 is 1.81 bits per heavy atom. The molecule has 180 valence electrons. The molecule has 7 nitrogen and oxygen atoms in total. The van der Waals surface area contributed by atoms with E-state index in [1.165, 1.54) is 5.56 Å². The molecule has 0 aromatic heterocycles. The summed E-state index contributed by atoms with van der Waals surface area (Å²) >= 11 is 0. The van der Waals surface area contributed by atoms with Gasteiger partial charge in [0.2, 0.25) is 5.91 Å². The summed E-state index contributed by atoms with van der Waals surface area (Å²) in [6.45, 7) is 7.54. The quantitative estimate of drug-likeness (QED) is 0.293. The lowest BCUT2D eigenvalue weighted by Gasteiger charge is -2.35. The maximum atomic E-state index is 12.9. The lowest BCUT2D eigenvalue weighted by Crippen LogP contribution is -2.47. The predicted octanol–water partition coefficient (Wildman–Crippen LogP) is 2.88. The summed E-state index contributed by atoms with van der Waals surface area (Å²) in [4.78, 5) is 22.0. The molecule has 1 unspecified atom stereocenters. The first kappa shape index (κ1) is 26.9. The van der Waals surface area contributed by atoms with Crippen LogP contribution in [0.5, 0.6) is 0 Å². The van der Waals surface area contributed by atoms with Crippen molar-refractivity contribution in [3.8, 4) is 0 Å². The fourth-order valence-electron chi connectivity index (χ4n) is 4.75. The highest BCUT2D eigenvalue weighted by Crippen LogP contribution is 2.39. The van der Waals surface area contributed by atoms with Crippen LogP contribution in [0.1, 0.15) is 44.2 Å². The minimum atomic E-state index is -0.352. The number of carbonyl (C=O) groups excluding carboxylic acids is 1. The number of hydrogen-bond acceptors (Lipinski definition) is 4. The standard InChI is InChI=1S/C24H39N5O2.HI/c1-4-25-23(27-19-24(12-8-9-13-24)22(30)28(2)3)26-18-21(20-10-6-5-7-11-20)29-14-16-31-17-15-29;/h5-7,10-11,21H,4,8-9,12-19H2,1-3H3,(H2,25,26,27);1H. The molecule has 1 aliphatic carbocycles. The lowest BCUT2D eigenvalue weighted by atomic mass is 9.85. The zero-order valence-corrected chi connectivity index (χ0v) is 22.1. The van der Waals surface area contributed by atoms with Crippen LogP contribution in [0, 0.1) is 5.41 Å². The van der Waals surface area contributed by atoms with E-state index in [0.717, 1.165) is 71.0 Å². The summed E-state index contributed by atoms with van der Waals surface area (Å²) in [6.07, 6.45) is 4.05. The van der Waals surface area contributed by atoms with Crippen molar-refractivity contribution in [1.82, 2.24) is 20.4 Å². The Bertz CT molecular complexity index is 716. The van der Waals surface area contributed by atoms with E-state index in [-0.39, 0.29) is 41.3 Å². The Balaban J connectivity index is 0.00000363. The first-order valence-electron chi connectivity index (χ1n) is 11.7. The Kier molecular flexibility index (Phi) is 11.2. The van der Waals surface area contributed by atoms with Crippen LogP contribution in [0.3, 0.4) is 0 Å². The summed E-state index contributed by atoms with van der Waals surface area (Å²) in [5.41, 5.74) is 0.942. The SMILES string of the molecule is CCNC(=NCC1(C(=O)N(C)C)CCCC1)NCC(c1ccccc1)N1CCOCC1.I. The number of guanidine groups is 1. The molecule has 1 heterocycles. The minimum Gasteiger partial charge on any atom is -0.379 e. The molecule has 32 heavy (non-hydrogen) atoms. The molecule has 3 rings (SSSR count). The number of nitrogens with one attached hydrogen (secondary N) is 2. The van der Waals surface area contributed by atoms with Crippen molar-refractivity contribution in [2.45, 2.75) is 38.6 Å². The molecule has 8 heteroatoms. The number of nitrogens with zero attached hydrogens (tertiary/aromatic N) is 3. The van der Waals surface area contributed by atoms with Crippen molar-refractivity contribution in [3.05, 3.63) is 35.9 Å². The zero-order chi connectivity index (χ0) is 22.1. The van der Waals surface area contributed by atoms with Crippen LogP contribution in [-0.4, -0.2) is 81.7 Å². The number of ether oxygens (including phenoxy) is 1. The number of carbonyl (C=O) groups is 1. The van der Waals surface area contributed by atoms with E-state index in [9.17, 15) is 4.79 Å². The van der Waals surface area contributed by atoms with Crippen LogP contribution in [0.2, 0.25) is 0 Å². The van der Waals surface area contributed by atoms with Crippen LogP contribution in [0.15, 0.2) is 35.3 Å². The zero-order valence-electron chi connectivity index (χ0n) is 19.8. The predicted molar refractivity (Wildman–Crippen MR) is 141 cm³/mol. The smallest absolute Gasteiger partial charge is 0.230 e. The van der Waals surface area contributed by atoms with Crippen LogP contribution in [0.25, 0.3) is 0 Å². The molecule has 0 bridgehead atoms. The monoisotopic (exact) mass is 557 g/mol. The largest absolute Gasteiger partial charge is 0.379 e. The van der Waals surface area contributed by atoms with Crippen LogP contribution < -0.4 is 10.6 Å². The van der Waals surface area contributed by atoms with Gasteiger partial charge in [0.15, 0.2) is 5.96 Å². The van der Waals surface area contributed by atoms with E-state index in [1.807, 2.05) is 14.1 Å². The van der Waals surface area contributed by atoms with Gasteiger partial charge in [-0.1, -0.05) is 43.2 Å². The van der Waals surface area contributed by atoms with Crippen molar-refractivity contribution < 1.29 is 9.53 Å². The molecule has 1 saturated heterocycles. The van der Waals surface area contributed by atoms with Gasteiger partial charge in [-0.15, -0.1) is 24.0 Å². The Morgan fingerprint density at radius 1 is 1.16 bits per heavy atom. The molecule has 0 spiro atoms. The summed E-state index contributed by atoms with van der Waals surface area (Å²) in [7, 11) is 3.70. The van der Waals surface area contributed by atoms with Gasteiger partial charge in [0.1, 0.15) is 0 Å². The average Bonchev–Trinajstić information content (AvgIpc) is 3.28. The molecule has 1 atom stereocenters. The van der Waals surface area contributed by atoms with E-state index in [0.29, 0.717) is 6.54 Å². The number of hydrogen-bond donors (Lipinski definition) is 2. The first-order chi connectivity index (χ1) is 15.1. The van der Waals surface area contributed by atoms with Gasteiger partial charge in [-0.25, -0.2) is 0 Å². The second kappa shape index (κ2) is 13.3. The number of benzene rings is 1. The van der Waals surface area contributed by atoms with Gasteiger partial charge in [0, 0.05) is 40.3 Å². The highest BCUT2D eigenvalue weighted by atomic mass is 127. The molecule has 2 aliphatic rings. The van der Waals surface area contributed by atoms with Crippen molar-refractivity contribution in [1.29, 1.82) is 0 Å². The van der Waals surface area contributed by atoms with Crippen molar-refractivity contribution in [2.24, 2.45) is 10.4 Å². The minimum absolute atomic E-state index is 0. The maximum absolute atomic E-state index is 12.9. The second-order valence-electron chi connectivity index (χ2n) is 8.84. The third-order valence-electron chi connectivity index (χ3n) is 6.44. The van der Waals surface area contributed by atoms with Gasteiger partial charge in [-0.2, -0.15) is 0 Å². The number of halogens is 1. The molecular formula is C24H40IN5O2. The highest BCUT2D eigenvalue weighted by Gasteiger charge is 2.42. The van der Waals surface area contributed by atoms with Crippen LogP contribution in [0.4, 0.5) is 0 Å². The van der Waals surface area contributed by atoms with E-state index in [2.05, 4.69) is 52.8 Å². The third kappa shape index (κ3) is 7.05. The van der Waals surface area contributed by atoms with E-state index in [1.54, 1.807) is 4.90 Å². The number of aliphatic imine (C=N–C) groups is 1. The molecule has 1 saturated carbocycles. The molecule has 2 N–H and O–H groups in total. The van der Waals surface area contributed by atoms with Crippen molar-refractivity contribution in [3.63, 3.8) is 0 Å². The molecule has 1 amide bonds. The maximum Gasteiger partial charge on any atom is 0.230 e. The fourth-order valence-corrected chi connectivity index (χ4v) is 4.75. The van der Waals surface area contributed by atoms with Gasteiger partial charge in [-0.05, 0) is 25.3 Å². The number of rotatable bonds is 8. The molecule has 1 aromatic rings. The second-order valence-corrected chi connectivity index (χ2v) is 8.84. The first-order valence-corrected chi connectivity index (χ1v) is 11.7. The van der Waals surface area contributed by atoms with Gasteiger partial charge in [-0.3, -0.25) is 14.7 Å². The summed E-state index contributed by atoms with van der Waals surface area (Å²) in [6, 6.07) is 10.9. The van der Waals surface area contributed by atoms with Gasteiger partial charge < -0.3 is 20.3 Å². The van der Waals surface area contributed by atoms with Crippen LogP contribution >= 0.6 is 24.0 Å². The molecule has 0 radical (unpaired) electrons. The third-order valence-corrected chi connectivity index (χ3v) is 6.44. The van der Waals surface area contributed by atoms with E-state index in [4.69, 9.17) is 9.73 Å². The molecule has 1 aliphatic heterocycles. The number of amides is 1. The molecule has 1 aromatic carbocycles. The average molecular weight is 558 g/mol. The highest BCUT2D eigenvalue weighted by molar-refractivity contribution is 14.0. The normalized spacial score (nSPS) is 19.7. The molecular weight excluding hydrogens is 517 g/mol. The topological polar surface area (TPSA) is 69.2 Å². The van der Waals surface area contributed by atoms with Crippen molar-refractivity contribution >= 4 is 35.8 Å². The summed E-state index contributed by atoms with van der Waals surface area (Å²) in [5, 5.41) is 6.93. The Labute approximate surface area is 210 Å². The van der Waals surface area contributed by atoms with Crippen molar-refractivity contribution in [2.75, 3.05) is 60.0 Å². The number of morpholine rings is 1. The Hall–Kier alpha value is -1.39. The van der Waals surface area contributed by atoms with Gasteiger partial charge >= 0.3 is 0 Å². The van der Waals surface area contributed by atoms with E-state index < -0.39 is 0 Å². The Morgan fingerprint density at radius 3 is 2.41 bits per heavy atom. The summed E-state index contributed by atoms with van der Waals surface area (Å²) < 4.78 is 5.56. The van der Waals surface area contributed by atoms with Gasteiger partial charge in [0.25, 0.3) is 0 Å². The van der Waals surface area contributed by atoms with E-state index >= 15 is 0 Å². The van der Waals surface area contributed by atoms with Gasteiger partial charge in [0.05, 0.1) is 31.2 Å².